The van der Waals surface area contributed by atoms with Crippen LogP contribution in [0.25, 0.3) is 5.82 Å². The summed E-state index contributed by atoms with van der Waals surface area (Å²) >= 11 is 1.46. The summed E-state index contributed by atoms with van der Waals surface area (Å²) in [5, 5.41) is 9.55. The predicted molar refractivity (Wildman–Crippen MR) is 88.8 cm³/mol. The second-order valence-corrected chi connectivity index (χ2v) is 6.49. The van der Waals surface area contributed by atoms with E-state index < -0.39 is 0 Å². The summed E-state index contributed by atoms with van der Waals surface area (Å²) in [5.41, 5.74) is 2.25. The largest absolute Gasteiger partial charge is 0.344 e. The summed E-state index contributed by atoms with van der Waals surface area (Å²) in [5.74, 6) is 0.808. The van der Waals surface area contributed by atoms with Crippen LogP contribution >= 0.6 is 11.3 Å². The molecule has 3 aromatic rings. The Hall–Kier alpha value is -2.47. The van der Waals surface area contributed by atoms with Gasteiger partial charge in [-0.2, -0.15) is 5.10 Å². The van der Waals surface area contributed by atoms with Gasteiger partial charge in [-0.25, -0.2) is 9.67 Å². The van der Waals surface area contributed by atoms with Crippen LogP contribution in [-0.4, -0.2) is 20.7 Å². The lowest BCUT2D eigenvalue weighted by molar-refractivity contribution is 0.0937. The van der Waals surface area contributed by atoms with Crippen molar-refractivity contribution in [2.24, 2.45) is 0 Å². The Kier molecular flexibility index (Phi) is 3.67. The van der Waals surface area contributed by atoms with Gasteiger partial charge in [-0.1, -0.05) is 12.1 Å². The van der Waals surface area contributed by atoms with E-state index in [4.69, 9.17) is 0 Å². The van der Waals surface area contributed by atoms with E-state index in [2.05, 4.69) is 15.4 Å². The third-order valence-electron chi connectivity index (χ3n) is 4.10. The van der Waals surface area contributed by atoms with E-state index in [-0.39, 0.29) is 11.9 Å². The number of nitrogens with zero attached hydrogens (tertiary/aromatic N) is 3. The molecule has 3 heterocycles. The third kappa shape index (κ3) is 2.66. The molecule has 0 spiro atoms. The van der Waals surface area contributed by atoms with Crippen LogP contribution in [0, 0.1) is 0 Å². The summed E-state index contributed by atoms with van der Waals surface area (Å²) < 4.78 is 1.89. The van der Waals surface area contributed by atoms with Gasteiger partial charge < -0.3 is 5.32 Å². The molecule has 1 N–H and O–H groups in total. The molecule has 1 amide bonds. The molecule has 0 saturated heterocycles. The number of nitrogens with one attached hydrogen (secondary N) is 1. The molecule has 0 aliphatic heterocycles. The summed E-state index contributed by atoms with van der Waals surface area (Å²) in [6, 6.07) is 9.55. The van der Waals surface area contributed by atoms with Gasteiger partial charge in [0.25, 0.3) is 5.91 Å². The molecule has 0 aromatic carbocycles. The molecule has 1 aliphatic rings. The van der Waals surface area contributed by atoms with Gasteiger partial charge in [0.1, 0.15) is 0 Å². The first-order valence-corrected chi connectivity index (χ1v) is 8.53. The van der Waals surface area contributed by atoms with Crippen LogP contribution in [0.15, 0.2) is 48.1 Å². The number of aromatic nitrogens is 3. The number of amides is 1. The van der Waals surface area contributed by atoms with Gasteiger partial charge in [-0.3, -0.25) is 4.79 Å². The van der Waals surface area contributed by atoms with Crippen molar-refractivity contribution in [1.29, 1.82) is 0 Å². The van der Waals surface area contributed by atoms with Gasteiger partial charge in [0.15, 0.2) is 5.82 Å². The Balaban J connectivity index is 1.62. The first-order chi connectivity index (χ1) is 11.3. The molecule has 6 heteroatoms. The van der Waals surface area contributed by atoms with Crippen molar-refractivity contribution in [2.75, 3.05) is 0 Å². The zero-order valence-electron chi connectivity index (χ0n) is 12.5. The molecule has 4 rings (SSSR count). The second-order valence-electron chi connectivity index (χ2n) is 5.54. The van der Waals surface area contributed by atoms with Crippen molar-refractivity contribution in [3.63, 3.8) is 0 Å². The first-order valence-electron chi connectivity index (χ1n) is 7.65. The highest BCUT2D eigenvalue weighted by atomic mass is 32.1. The predicted octanol–water partition coefficient (Wildman–Crippen LogP) is 3.14. The minimum atomic E-state index is -0.0107. The Morgan fingerprint density at radius 1 is 1.30 bits per heavy atom. The molecule has 1 atom stereocenters. The topological polar surface area (TPSA) is 59.8 Å². The van der Waals surface area contributed by atoms with Crippen LogP contribution in [0.2, 0.25) is 0 Å². The molecule has 0 unspecified atom stereocenters. The Bertz CT molecular complexity index is 811. The molecule has 5 nitrogen and oxygen atoms in total. The quantitative estimate of drug-likeness (QED) is 0.805. The van der Waals surface area contributed by atoms with Crippen molar-refractivity contribution in [2.45, 2.75) is 25.3 Å². The maximum absolute atomic E-state index is 12.3. The zero-order valence-corrected chi connectivity index (χ0v) is 13.3. The first kappa shape index (κ1) is 14.1. The van der Waals surface area contributed by atoms with E-state index in [9.17, 15) is 4.79 Å². The van der Waals surface area contributed by atoms with E-state index in [1.165, 1.54) is 11.3 Å². The highest BCUT2D eigenvalue weighted by Gasteiger charge is 2.26. The molecular formula is C17H16N4OS. The fourth-order valence-corrected chi connectivity index (χ4v) is 3.65. The van der Waals surface area contributed by atoms with E-state index in [0.717, 1.165) is 41.2 Å². The van der Waals surface area contributed by atoms with Crippen LogP contribution in [0.3, 0.4) is 0 Å². The number of carbonyl (C=O) groups excluding carboxylic acids is 1. The van der Waals surface area contributed by atoms with Gasteiger partial charge >= 0.3 is 0 Å². The number of fused-ring (bicyclic) bond motifs is 1. The maximum atomic E-state index is 12.3. The van der Waals surface area contributed by atoms with Crippen LogP contribution in [0.4, 0.5) is 0 Å². The van der Waals surface area contributed by atoms with Gasteiger partial charge in [0.05, 0.1) is 22.8 Å². The van der Waals surface area contributed by atoms with Crippen LogP contribution in [0.1, 0.15) is 39.8 Å². The van der Waals surface area contributed by atoms with Gasteiger partial charge in [0.2, 0.25) is 0 Å². The molecule has 0 saturated carbocycles. The normalized spacial score (nSPS) is 16.8. The summed E-state index contributed by atoms with van der Waals surface area (Å²) in [6.45, 7) is 0. The smallest absolute Gasteiger partial charge is 0.261 e. The average molecular weight is 324 g/mol. The lowest BCUT2D eigenvalue weighted by atomic mass is 9.93. The van der Waals surface area contributed by atoms with Crippen LogP contribution < -0.4 is 5.32 Å². The number of carbonyl (C=O) groups is 1. The van der Waals surface area contributed by atoms with Crippen LogP contribution in [-0.2, 0) is 6.42 Å². The maximum Gasteiger partial charge on any atom is 0.261 e. The van der Waals surface area contributed by atoms with Crippen molar-refractivity contribution in [3.8, 4) is 5.82 Å². The van der Waals surface area contributed by atoms with E-state index >= 15 is 0 Å². The Morgan fingerprint density at radius 3 is 3.04 bits per heavy atom. The molecule has 1 aliphatic carbocycles. The number of rotatable bonds is 3. The lowest BCUT2D eigenvalue weighted by Crippen LogP contribution is -2.30. The summed E-state index contributed by atoms with van der Waals surface area (Å²) in [4.78, 5) is 17.4. The molecule has 116 valence electrons. The third-order valence-corrected chi connectivity index (χ3v) is 4.97. The molecule has 0 fully saturated rings. The van der Waals surface area contributed by atoms with Crippen molar-refractivity contribution in [1.82, 2.24) is 20.1 Å². The van der Waals surface area contributed by atoms with E-state index in [0.29, 0.717) is 0 Å². The van der Waals surface area contributed by atoms with Crippen molar-refractivity contribution >= 4 is 17.2 Å². The minimum Gasteiger partial charge on any atom is -0.344 e. The molecule has 0 bridgehead atoms. The number of hydrogen-bond acceptors (Lipinski definition) is 4. The molecular weight excluding hydrogens is 308 g/mol. The number of hydrogen-bond donors (Lipinski definition) is 1. The van der Waals surface area contributed by atoms with Gasteiger partial charge in [0, 0.05) is 11.8 Å². The summed E-state index contributed by atoms with van der Waals surface area (Å²) in [7, 11) is 0. The number of thiophene rings is 1. The standard InChI is InChI=1S/C17H16N4OS/c22-17(15-7-4-10-23-15)20-13-5-3-6-14-12(13)11-19-21(14)16-8-1-2-9-18-16/h1-2,4,7-11,13H,3,5-6H2,(H,20,22)/t13-/m1/s1. The highest BCUT2D eigenvalue weighted by Crippen LogP contribution is 2.31. The van der Waals surface area contributed by atoms with E-state index in [1.54, 1.807) is 6.20 Å². The number of pyridine rings is 1. The van der Waals surface area contributed by atoms with Crippen molar-refractivity contribution in [3.05, 3.63) is 64.2 Å². The van der Waals surface area contributed by atoms with Crippen molar-refractivity contribution < 1.29 is 4.79 Å². The molecule has 0 radical (unpaired) electrons. The zero-order chi connectivity index (χ0) is 15.6. The van der Waals surface area contributed by atoms with Gasteiger partial charge in [-0.15, -0.1) is 11.3 Å². The fraction of sp³-hybridized carbons (Fsp3) is 0.235. The second kappa shape index (κ2) is 5.96. The minimum absolute atomic E-state index is 0.0107. The summed E-state index contributed by atoms with van der Waals surface area (Å²) in [6.07, 6.45) is 6.56. The van der Waals surface area contributed by atoms with Gasteiger partial charge in [-0.05, 0) is 42.8 Å². The van der Waals surface area contributed by atoms with E-state index in [1.807, 2.05) is 46.6 Å². The monoisotopic (exact) mass is 324 g/mol. The Labute approximate surface area is 138 Å². The SMILES string of the molecule is O=C(N[C@@H]1CCCc2c1cnn2-c1ccccn1)c1cccs1. The molecule has 3 aromatic heterocycles. The van der Waals surface area contributed by atoms with Crippen LogP contribution in [0.5, 0.6) is 0 Å². The molecule has 23 heavy (non-hydrogen) atoms. The Morgan fingerprint density at radius 2 is 2.26 bits per heavy atom. The highest BCUT2D eigenvalue weighted by molar-refractivity contribution is 7.12. The average Bonchev–Trinajstić information content (AvgIpc) is 3.26. The fourth-order valence-electron chi connectivity index (χ4n) is 3.02. The lowest BCUT2D eigenvalue weighted by Gasteiger charge is -2.23.